The molecule has 0 aliphatic carbocycles. The number of aliphatic hydroxyl groups excluding tert-OH is 1. The van der Waals surface area contributed by atoms with E-state index in [4.69, 9.17) is 0 Å². The van der Waals surface area contributed by atoms with E-state index in [0.29, 0.717) is 13.1 Å². The summed E-state index contributed by atoms with van der Waals surface area (Å²) in [7, 11) is -0.887. The summed E-state index contributed by atoms with van der Waals surface area (Å²) >= 11 is 0. The van der Waals surface area contributed by atoms with Crippen LogP contribution in [0.4, 0.5) is 0 Å². The molecule has 2 nitrogen and oxygen atoms in total. The van der Waals surface area contributed by atoms with Crippen LogP contribution in [0, 0.1) is 0 Å². The van der Waals surface area contributed by atoms with Gasteiger partial charge in [-0.2, -0.15) is 0 Å². The SMILES string of the molecule is OC(c1ccccc1P(c1ccccc1)c1ccccc1)C(c1ccccc1)N(Cc1ccccc1)Cc1ccccc1. The van der Waals surface area contributed by atoms with E-state index in [9.17, 15) is 5.11 Å². The van der Waals surface area contributed by atoms with Gasteiger partial charge in [-0.05, 0) is 46.1 Å². The first kappa shape index (κ1) is 28.8. The second-order valence-corrected chi connectivity index (χ2v) is 12.9. The van der Waals surface area contributed by atoms with E-state index in [2.05, 4.69) is 175 Å². The first-order valence-corrected chi connectivity index (χ1v) is 16.2. The first-order chi connectivity index (χ1) is 21.3. The smallest absolute Gasteiger partial charge is 0.0993 e. The van der Waals surface area contributed by atoms with Gasteiger partial charge in [-0.3, -0.25) is 4.90 Å². The molecule has 3 heteroatoms. The predicted octanol–water partition coefficient (Wildman–Crippen LogP) is 7.92. The fraction of sp³-hybridized carbons (Fsp3) is 0.100. The summed E-state index contributed by atoms with van der Waals surface area (Å²) in [6, 6.07) is 61.3. The molecule has 0 heterocycles. The average Bonchev–Trinajstić information content (AvgIpc) is 3.08. The molecule has 2 atom stereocenters. The molecule has 0 aliphatic heterocycles. The maximum atomic E-state index is 12.7. The number of benzene rings is 6. The first-order valence-electron chi connectivity index (χ1n) is 14.8. The molecule has 2 unspecified atom stereocenters. The molecule has 0 saturated heterocycles. The molecule has 6 rings (SSSR count). The quantitative estimate of drug-likeness (QED) is 0.158. The molecule has 0 fully saturated rings. The van der Waals surface area contributed by atoms with Crippen LogP contribution in [0.15, 0.2) is 176 Å². The van der Waals surface area contributed by atoms with Crippen molar-refractivity contribution in [3.8, 4) is 0 Å². The fourth-order valence-corrected chi connectivity index (χ4v) is 8.32. The van der Waals surface area contributed by atoms with Crippen molar-refractivity contribution in [3.05, 3.63) is 198 Å². The number of aliphatic hydroxyl groups is 1. The lowest BCUT2D eigenvalue weighted by Crippen LogP contribution is -2.34. The summed E-state index contributed by atoms with van der Waals surface area (Å²) in [4.78, 5) is 2.43. The van der Waals surface area contributed by atoms with Gasteiger partial charge < -0.3 is 5.11 Å². The second-order valence-electron chi connectivity index (χ2n) is 10.7. The standard InChI is InChI=1S/C40H36NOP/c42-40(37-28-16-17-29-38(37)43(35-24-12-4-13-25-35)36-26-14-5-15-27-36)39(34-22-10-3-11-23-34)41(30-32-18-6-1-7-19-32)31-33-20-8-2-9-21-33/h1-29,39-40,42H,30-31H2. The Morgan fingerprint density at radius 3 is 1.35 bits per heavy atom. The van der Waals surface area contributed by atoms with Crippen molar-refractivity contribution in [1.29, 1.82) is 0 Å². The lowest BCUT2D eigenvalue weighted by atomic mass is 9.93. The number of rotatable bonds is 11. The van der Waals surface area contributed by atoms with E-state index >= 15 is 0 Å². The Hall–Kier alpha value is -4.33. The van der Waals surface area contributed by atoms with Crippen LogP contribution in [0.2, 0.25) is 0 Å². The monoisotopic (exact) mass is 577 g/mol. The van der Waals surface area contributed by atoms with Crippen LogP contribution in [-0.2, 0) is 13.1 Å². The van der Waals surface area contributed by atoms with Crippen LogP contribution < -0.4 is 15.9 Å². The van der Waals surface area contributed by atoms with E-state index in [-0.39, 0.29) is 6.04 Å². The third-order valence-electron chi connectivity index (χ3n) is 7.82. The number of hydrogen-bond donors (Lipinski definition) is 1. The highest BCUT2D eigenvalue weighted by molar-refractivity contribution is 7.79. The predicted molar refractivity (Wildman–Crippen MR) is 181 cm³/mol. The molecule has 1 N–H and O–H groups in total. The third kappa shape index (κ3) is 7.01. The second kappa shape index (κ2) is 14.2. The Balaban J connectivity index is 1.48. The van der Waals surface area contributed by atoms with E-state index in [1.165, 1.54) is 27.0 Å². The molecular formula is C40H36NOP. The summed E-state index contributed by atoms with van der Waals surface area (Å²) in [5.74, 6) is 0. The zero-order valence-electron chi connectivity index (χ0n) is 24.2. The van der Waals surface area contributed by atoms with Crippen molar-refractivity contribution in [1.82, 2.24) is 4.90 Å². The van der Waals surface area contributed by atoms with Gasteiger partial charge in [0.1, 0.15) is 0 Å². The topological polar surface area (TPSA) is 23.5 Å². The van der Waals surface area contributed by atoms with Gasteiger partial charge in [0.25, 0.3) is 0 Å². The minimum Gasteiger partial charge on any atom is -0.386 e. The lowest BCUT2D eigenvalue weighted by Gasteiger charge is -2.37. The van der Waals surface area contributed by atoms with Crippen LogP contribution in [0.25, 0.3) is 0 Å². The van der Waals surface area contributed by atoms with E-state index < -0.39 is 14.0 Å². The highest BCUT2D eigenvalue weighted by Crippen LogP contribution is 2.41. The Labute approximate surface area is 256 Å². The largest absolute Gasteiger partial charge is 0.386 e. The lowest BCUT2D eigenvalue weighted by molar-refractivity contribution is 0.0378. The van der Waals surface area contributed by atoms with E-state index in [0.717, 1.165) is 11.1 Å². The van der Waals surface area contributed by atoms with Crippen molar-refractivity contribution in [3.63, 3.8) is 0 Å². The van der Waals surface area contributed by atoms with Gasteiger partial charge >= 0.3 is 0 Å². The molecule has 212 valence electrons. The maximum Gasteiger partial charge on any atom is 0.0993 e. The summed E-state index contributed by atoms with van der Waals surface area (Å²) in [6.07, 6.45) is -0.761. The molecule has 0 amide bonds. The Bertz CT molecular complexity index is 1600. The summed E-state index contributed by atoms with van der Waals surface area (Å²) in [5, 5.41) is 16.4. The Morgan fingerprint density at radius 1 is 0.465 bits per heavy atom. The molecule has 43 heavy (non-hydrogen) atoms. The van der Waals surface area contributed by atoms with Gasteiger partial charge in [0.15, 0.2) is 0 Å². The number of nitrogens with zero attached hydrogens (tertiary/aromatic N) is 1. The normalized spacial score (nSPS) is 12.7. The van der Waals surface area contributed by atoms with E-state index in [1.807, 2.05) is 6.07 Å². The molecule has 0 aliphatic rings. The van der Waals surface area contributed by atoms with Gasteiger partial charge in [0.2, 0.25) is 0 Å². The van der Waals surface area contributed by atoms with Gasteiger partial charge in [0, 0.05) is 13.1 Å². The average molecular weight is 578 g/mol. The summed E-state index contributed by atoms with van der Waals surface area (Å²) in [6.45, 7) is 1.42. The third-order valence-corrected chi connectivity index (χ3v) is 10.3. The summed E-state index contributed by atoms with van der Waals surface area (Å²) < 4.78 is 0. The minimum atomic E-state index is -0.887. The van der Waals surface area contributed by atoms with Gasteiger partial charge in [-0.25, -0.2) is 0 Å². The summed E-state index contributed by atoms with van der Waals surface area (Å²) in [5.41, 5.74) is 4.51. The van der Waals surface area contributed by atoms with Crippen LogP contribution in [-0.4, -0.2) is 10.0 Å². The van der Waals surface area contributed by atoms with Crippen LogP contribution in [0.3, 0.4) is 0 Å². The molecule has 6 aromatic carbocycles. The van der Waals surface area contributed by atoms with Gasteiger partial charge in [-0.1, -0.05) is 176 Å². The molecule has 0 bridgehead atoms. The Kier molecular flexibility index (Phi) is 9.52. The van der Waals surface area contributed by atoms with Gasteiger partial charge in [-0.15, -0.1) is 0 Å². The highest BCUT2D eigenvalue weighted by atomic mass is 31.1. The zero-order valence-corrected chi connectivity index (χ0v) is 25.0. The van der Waals surface area contributed by atoms with Gasteiger partial charge in [0.05, 0.1) is 12.1 Å². The molecule has 0 radical (unpaired) electrons. The van der Waals surface area contributed by atoms with Crippen molar-refractivity contribution in [2.24, 2.45) is 0 Å². The van der Waals surface area contributed by atoms with Crippen LogP contribution in [0.5, 0.6) is 0 Å². The van der Waals surface area contributed by atoms with Crippen molar-refractivity contribution in [2.45, 2.75) is 25.2 Å². The molecular weight excluding hydrogens is 541 g/mol. The number of hydrogen-bond acceptors (Lipinski definition) is 2. The molecule has 0 spiro atoms. The maximum absolute atomic E-state index is 12.7. The van der Waals surface area contributed by atoms with E-state index in [1.54, 1.807) is 0 Å². The molecule has 0 saturated carbocycles. The molecule has 6 aromatic rings. The van der Waals surface area contributed by atoms with Crippen LogP contribution >= 0.6 is 7.92 Å². The van der Waals surface area contributed by atoms with Crippen molar-refractivity contribution < 1.29 is 5.11 Å². The highest BCUT2D eigenvalue weighted by Gasteiger charge is 2.32. The van der Waals surface area contributed by atoms with Crippen molar-refractivity contribution in [2.75, 3.05) is 0 Å². The van der Waals surface area contributed by atoms with Crippen LogP contribution in [0.1, 0.15) is 34.4 Å². The minimum absolute atomic E-state index is 0.272. The fourth-order valence-electron chi connectivity index (χ4n) is 5.82. The molecule has 0 aromatic heterocycles. The van der Waals surface area contributed by atoms with Crippen molar-refractivity contribution >= 4 is 23.8 Å². The Morgan fingerprint density at radius 2 is 0.860 bits per heavy atom. The zero-order chi connectivity index (χ0) is 29.3.